The van der Waals surface area contributed by atoms with Crippen LogP contribution < -0.4 is 16.2 Å². The Balaban J connectivity index is 1.67. The first kappa shape index (κ1) is 20.0. The Kier molecular flexibility index (Phi) is 5.28. The zero-order chi connectivity index (χ0) is 22.0. The summed E-state index contributed by atoms with van der Waals surface area (Å²) in [7, 11) is 3.06. The largest absolute Gasteiger partial charge is 0.480 e. The number of benzene rings is 2. The summed E-state index contributed by atoms with van der Waals surface area (Å²) >= 11 is 0. The van der Waals surface area contributed by atoms with E-state index in [4.69, 9.17) is 31.4 Å². The lowest BCUT2D eigenvalue weighted by Gasteiger charge is -2.07. The molecule has 0 saturated carbocycles. The van der Waals surface area contributed by atoms with Crippen molar-refractivity contribution in [1.82, 2.24) is 9.38 Å². The fourth-order valence-corrected chi connectivity index (χ4v) is 3.37. The molecule has 2 heterocycles. The highest BCUT2D eigenvalue weighted by Crippen LogP contribution is 2.32. The Bertz CT molecular complexity index is 1270. The van der Waals surface area contributed by atoms with E-state index >= 15 is 0 Å². The Morgan fingerprint density at radius 2 is 1.45 bits per heavy atom. The maximum absolute atomic E-state index is 7.66. The number of fused-ring (bicyclic) bond motifs is 1. The van der Waals surface area contributed by atoms with E-state index in [2.05, 4.69) is 5.16 Å². The highest BCUT2D eigenvalue weighted by Gasteiger charge is 2.16. The van der Waals surface area contributed by atoms with Crippen LogP contribution in [0, 0.1) is 5.41 Å². The number of hydrogen-bond acceptors (Lipinski definition) is 5. The number of methoxy groups -OCH3 is 1. The molecule has 0 fully saturated rings. The summed E-state index contributed by atoms with van der Waals surface area (Å²) in [4.78, 5) is 9.41. The van der Waals surface area contributed by atoms with Crippen molar-refractivity contribution >= 4 is 17.3 Å². The van der Waals surface area contributed by atoms with Crippen molar-refractivity contribution in [2.45, 2.75) is 0 Å². The van der Waals surface area contributed by atoms with Crippen LogP contribution in [0.3, 0.4) is 0 Å². The van der Waals surface area contributed by atoms with Crippen LogP contribution in [0.4, 0.5) is 0 Å². The molecule has 4 rings (SSSR count). The molecule has 0 atom stereocenters. The number of aromatic nitrogens is 2. The maximum Gasteiger partial charge on any atom is 0.226 e. The summed E-state index contributed by atoms with van der Waals surface area (Å²) in [5, 5.41) is 11.4. The third-order valence-electron chi connectivity index (χ3n) is 4.94. The van der Waals surface area contributed by atoms with E-state index < -0.39 is 0 Å². The molecule has 0 amide bonds. The Labute approximate surface area is 179 Å². The Morgan fingerprint density at radius 1 is 0.871 bits per heavy atom. The quantitative estimate of drug-likeness (QED) is 0.254. The molecular formula is C23H22N6O2. The van der Waals surface area contributed by atoms with Gasteiger partial charge in [0.25, 0.3) is 0 Å². The SMILES string of the molecule is CO/N=C(\N)c1ccc(-c2ccc(-c3nc4ccc(C(=N)N)cn4c3OC)cc2)cc1. The van der Waals surface area contributed by atoms with Crippen LogP contribution >= 0.6 is 0 Å². The number of pyridine rings is 1. The number of nitrogens with two attached hydrogens (primary N) is 2. The maximum atomic E-state index is 7.66. The number of oxime groups is 1. The number of hydrogen-bond donors (Lipinski definition) is 3. The zero-order valence-electron chi connectivity index (χ0n) is 17.2. The van der Waals surface area contributed by atoms with Gasteiger partial charge in [-0.3, -0.25) is 9.81 Å². The molecule has 156 valence electrons. The molecule has 0 bridgehead atoms. The fourth-order valence-electron chi connectivity index (χ4n) is 3.37. The highest BCUT2D eigenvalue weighted by molar-refractivity contribution is 5.97. The van der Waals surface area contributed by atoms with Crippen molar-refractivity contribution in [3.05, 3.63) is 78.0 Å². The van der Waals surface area contributed by atoms with Crippen LogP contribution in [0.5, 0.6) is 5.88 Å². The van der Waals surface area contributed by atoms with E-state index in [9.17, 15) is 0 Å². The zero-order valence-corrected chi connectivity index (χ0v) is 17.2. The second-order valence-corrected chi connectivity index (χ2v) is 6.84. The van der Waals surface area contributed by atoms with E-state index in [0.717, 1.165) is 22.3 Å². The van der Waals surface area contributed by atoms with Crippen LogP contribution in [0.15, 0.2) is 72.0 Å². The standard InChI is InChI=1S/C23H22N6O2/c1-30-23-20(27-19-12-11-18(21(24)25)13-29(19)23)16-7-3-14(4-8-16)15-5-9-17(10-6-15)22(26)28-31-2/h3-13H,1-2H3,(H3,24,25)(H2,26,28). The van der Waals surface area contributed by atoms with Gasteiger partial charge >= 0.3 is 0 Å². The molecule has 5 N–H and O–H groups in total. The number of ether oxygens (including phenoxy) is 1. The number of nitrogen functional groups attached to an aromatic ring is 1. The second-order valence-electron chi connectivity index (χ2n) is 6.84. The van der Waals surface area contributed by atoms with Gasteiger partial charge in [0.2, 0.25) is 5.88 Å². The van der Waals surface area contributed by atoms with Crippen LogP contribution in [0.25, 0.3) is 28.0 Å². The molecule has 2 aromatic carbocycles. The fraction of sp³-hybridized carbons (Fsp3) is 0.0870. The van der Waals surface area contributed by atoms with E-state index in [0.29, 0.717) is 28.6 Å². The minimum atomic E-state index is -0.00942. The van der Waals surface area contributed by atoms with Gasteiger partial charge in [-0.15, -0.1) is 0 Å². The van der Waals surface area contributed by atoms with Crippen LogP contribution in [0.2, 0.25) is 0 Å². The van der Waals surface area contributed by atoms with Gasteiger partial charge in [0.15, 0.2) is 5.84 Å². The summed E-state index contributed by atoms with van der Waals surface area (Å²) in [6.45, 7) is 0. The van der Waals surface area contributed by atoms with Gasteiger partial charge in [-0.25, -0.2) is 4.98 Å². The average Bonchev–Trinajstić information content (AvgIpc) is 3.17. The van der Waals surface area contributed by atoms with Gasteiger partial charge < -0.3 is 21.0 Å². The highest BCUT2D eigenvalue weighted by atomic mass is 16.6. The molecular weight excluding hydrogens is 392 g/mol. The molecule has 0 saturated heterocycles. The molecule has 2 aromatic heterocycles. The predicted molar refractivity (Wildman–Crippen MR) is 121 cm³/mol. The average molecular weight is 414 g/mol. The van der Waals surface area contributed by atoms with E-state index in [1.165, 1.54) is 7.11 Å². The molecule has 0 radical (unpaired) electrons. The van der Waals surface area contributed by atoms with Gasteiger partial charge in [-0.2, -0.15) is 0 Å². The van der Waals surface area contributed by atoms with Crippen molar-refractivity contribution in [3.63, 3.8) is 0 Å². The molecule has 0 aliphatic rings. The summed E-state index contributed by atoms with van der Waals surface area (Å²) in [5.41, 5.74) is 17.3. The molecule has 0 spiro atoms. The number of nitrogens with zero attached hydrogens (tertiary/aromatic N) is 3. The topological polar surface area (TPSA) is 124 Å². The summed E-state index contributed by atoms with van der Waals surface area (Å²) < 4.78 is 7.41. The molecule has 8 heteroatoms. The van der Waals surface area contributed by atoms with Crippen LogP contribution in [0.1, 0.15) is 11.1 Å². The van der Waals surface area contributed by atoms with Gasteiger partial charge in [-0.1, -0.05) is 53.7 Å². The lowest BCUT2D eigenvalue weighted by molar-refractivity contribution is 0.213. The third kappa shape index (κ3) is 3.78. The van der Waals surface area contributed by atoms with Crippen molar-refractivity contribution < 1.29 is 9.57 Å². The first-order chi connectivity index (χ1) is 15.0. The summed E-state index contributed by atoms with van der Waals surface area (Å²) in [6.07, 6.45) is 1.75. The first-order valence-corrected chi connectivity index (χ1v) is 9.50. The van der Waals surface area contributed by atoms with E-state index in [1.54, 1.807) is 23.8 Å². The monoisotopic (exact) mass is 414 g/mol. The number of amidine groups is 2. The third-order valence-corrected chi connectivity index (χ3v) is 4.94. The Hall–Kier alpha value is -4.33. The Morgan fingerprint density at radius 3 is 2.03 bits per heavy atom. The van der Waals surface area contributed by atoms with Crippen molar-refractivity contribution in [2.24, 2.45) is 16.6 Å². The minimum Gasteiger partial charge on any atom is -0.480 e. The number of imidazole rings is 1. The van der Waals surface area contributed by atoms with Crippen molar-refractivity contribution in [2.75, 3.05) is 14.2 Å². The lowest BCUT2D eigenvalue weighted by atomic mass is 10.0. The van der Waals surface area contributed by atoms with Crippen molar-refractivity contribution in [1.29, 1.82) is 5.41 Å². The smallest absolute Gasteiger partial charge is 0.226 e. The normalized spacial score (nSPS) is 11.5. The molecule has 4 aromatic rings. The second kappa shape index (κ2) is 8.19. The number of nitrogens with one attached hydrogen (secondary N) is 1. The van der Waals surface area contributed by atoms with Gasteiger partial charge in [0, 0.05) is 22.9 Å². The van der Waals surface area contributed by atoms with Gasteiger partial charge in [-0.05, 0) is 23.3 Å². The summed E-state index contributed by atoms with van der Waals surface area (Å²) in [5.74, 6) is 0.907. The molecule has 0 unspecified atom stereocenters. The van der Waals surface area contributed by atoms with E-state index in [1.807, 2.05) is 54.6 Å². The van der Waals surface area contributed by atoms with Crippen LogP contribution in [-0.4, -0.2) is 35.3 Å². The first-order valence-electron chi connectivity index (χ1n) is 9.50. The molecule has 0 aliphatic heterocycles. The van der Waals surface area contributed by atoms with Crippen LogP contribution in [-0.2, 0) is 4.84 Å². The predicted octanol–water partition coefficient (Wildman–Crippen LogP) is 3.23. The number of rotatable bonds is 6. The molecule has 0 aliphatic carbocycles. The van der Waals surface area contributed by atoms with Gasteiger partial charge in [0.05, 0.1) is 7.11 Å². The lowest BCUT2D eigenvalue weighted by Crippen LogP contribution is -2.13. The van der Waals surface area contributed by atoms with Gasteiger partial charge in [0.1, 0.15) is 24.3 Å². The summed E-state index contributed by atoms with van der Waals surface area (Å²) in [6, 6.07) is 19.4. The molecule has 31 heavy (non-hydrogen) atoms. The molecule has 8 nitrogen and oxygen atoms in total. The minimum absolute atomic E-state index is 0.00942. The van der Waals surface area contributed by atoms with E-state index in [-0.39, 0.29) is 5.84 Å². The van der Waals surface area contributed by atoms with Crippen molar-refractivity contribution in [3.8, 4) is 28.3 Å².